The van der Waals surface area contributed by atoms with Gasteiger partial charge in [-0.2, -0.15) is 0 Å². The molecule has 36 heteroatoms. The van der Waals surface area contributed by atoms with Gasteiger partial charge in [0, 0.05) is 0 Å². The Morgan fingerprint density at radius 1 is 0.264 bits per heavy atom. The molecule has 0 aliphatic carbocycles. The third-order valence-corrected chi connectivity index (χ3v) is 57.5. The Hall–Kier alpha value is 2.67. The van der Waals surface area contributed by atoms with Crippen molar-refractivity contribution in [1.29, 1.82) is 0 Å². The van der Waals surface area contributed by atoms with Crippen LogP contribution in [0.1, 0.15) is 0 Å². The smallest absolute Gasteiger partial charge is 0.417 e. The van der Waals surface area contributed by atoms with Gasteiger partial charge in [-0.05, 0) is 105 Å². The lowest BCUT2D eigenvalue weighted by atomic mass is 11.4. The van der Waals surface area contributed by atoms with E-state index in [2.05, 4.69) is 0 Å². The third-order valence-electron chi connectivity index (χ3n) is 6.94. The van der Waals surface area contributed by atoms with Crippen molar-refractivity contribution >= 4 is 144 Å². The van der Waals surface area contributed by atoms with Crippen LogP contribution >= 0.6 is 0 Å². The van der Waals surface area contributed by atoms with Crippen molar-refractivity contribution in [3.8, 4) is 0 Å². The van der Waals surface area contributed by atoms with Gasteiger partial charge in [-0.15, -0.1) is 0 Å². The Morgan fingerprint density at radius 2 is 0.453 bits per heavy atom. The van der Waals surface area contributed by atoms with E-state index in [1.165, 1.54) is 0 Å². The summed E-state index contributed by atoms with van der Waals surface area (Å²) in [5.74, 6) is 0. The lowest BCUT2D eigenvalue weighted by Gasteiger charge is -2.56. The highest BCUT2D eigenvalue weighted by atomic mass is 28.7. The van der Waals surface area contributed by atoms with Crippen molar-refractivity contribution in [2.45, 2.75) is 110 Å². The largest absolute Gasteiger partial charge is 0.659 e. The molecule has 53 heavy (non-hydrogen) atoms. The number of hydrogen-bond acceptors (Lipinski definition) is 20. The maximum absolute atomic E-state index is 7.43. The van der Waals surface area contributed by atoms with Crippen molar-refractivity contribution in [2.75, 3.05) is 0 Å². The fraction of sp³-hybridized carbons (Fsp3) is 1.00. The molecule has 5 fully saturated rings. The maximum Gasteiger partial charge on any atom is 0.659 e. The highest BCUT2D eigenvalue weighted by molar-refractivity contribution is 7.08. The monoisotopic (exact) mass is 1030 g/mol. The summed E-state index contributed by atoms with van der Waals surface area (Å²) in [7, 11) is -55.6. The molecule has 1 spiro atoms. The van der Waals surface area contributed by atoms with E-state index in [9.17, 15) is 0 Å². The van der Waals surface area contributed by atoms with Gasteiger partial charge in [0.15, 0.2) is 72.3 Å². The molecule has 0 saturated carbocycles. The zero-order chi connectivity index (χ0) is 39.3. The van der Waals surface area contributed by atoms with Crippen molar-refractivity contribution in [3.05, 3.63) is 0 Å². The first kappa shape index (κ1) is 45.2. The van der Waals surface area contributed by atoms with Crippen LogP contribution in [0.5, 0.6) is 0 Å². The standard InChI is InChI=1S/C17H56O20Si16/c1-38(2)20-46-17-18-48(28-46,22-40(5)6)32-52(26-44(13)14)33-49(19-17,23-41(7)8)34-53(27-45(15)16)35-50(29-46,24-42(9)10)30-47(17,21-39(3)4)31-51(36-52,37-53)25-43(11)12/h38-45H,1-16H3/t17-,46?,47?,48-,49?,50+,51?,52+,53+/m0/s1. The van der Waals surface area contributed by atoms with Crippen LogP contribution in [0.15, 0.2) is 0 Å². The molecule has 0 N–H and O–H groups in total. The lowest BCUT2D eigenvalue weighted by molar-refractivity contribution is -0.139. The molecule has 0 aromatic carbocycles. The normalized spacial score (nSPS) is 44.8. The average Bonchev–Trinajstić information content (AvgIpc) is 3.15. The predicted molar refractivity (Wildman–Crippen MR) is 221 cm³/mol. The molecule has 5 aliphatic heterocycles. The van der Waals surface area contributed by atoms with Crippen molar-refractivity contribution in [1.82, 2.24) is 0 Å². The summed E-state index contributed by atoms with van der Waals surface area (Å²) in [5.41, 5.74) is 0. The SMILES string of the molecule is C[SiH](C)O[Si]12O[C@@]34O[Si@]5(O[SiH](C)C)O[Si]3(O[SiH](C)C)O[Si@]3(O[SiH](C)C)O[Si]4(O[SiH](C)C)O[Si](O[SiH](C)C)(O[Si@](O[SiH](C)C)(O1)O3)O[Si@@](O[SiH](C)C)(O2)O5. The van der Waals surface area contributed by atoms with Gasteiger partial charge in [-0.3, -0.25) is 0 Å². The van der Waals surface area contributed by atoms with Crippen LogP contribution in [0, 0.1) is 0 Å². The van der Waals surface area contributed by atoms with Gasteiger partial charge >= 0.3 is 71.9 Å². The molecule has 0 aromatic heterocycles. The van der Waals surface area contributed by atoms with Gasteiger partial charge < -0.3 is 82.9 Å². The predicted octanol–water partition coefficient (Wildman–Crippen LogP) is -0.467. The minimum atomic E-state index is -4.89. The zero-order valence-corrected chi connectivity index (χ0v) is 50.5. The summed E-state index contributed by atoms with van der Waals surface area (Å²) >= 11 is 0. The molecular weight excluding hydrogens is 974 g/mol. The fourth-order valence-electron chi connectivity index (χ4n) is 6.11. The molecule has 0 amide bonds. The second-order valence-electron chi connectivity index (χ2n) is 15.3. The second-order valence-corrected chi connectivity index (χ2v) is 58.2. The van der Waals surface area contributed by atoms with Gasteiger partial charge in [0.1, 0.15) is 0 Å². The highest BCUT2D eigenvalue weighted by Crippen LogP contribution is 2.61. The first-order valence-corrected chi connectivity index (χ1v) is 53.6. The summed E-state index contributed by atoms with van der Waals surface area (Å²) in [5, 5.41) is -2.31. The molecule has 9 atom stereocenters. The molecular formula is C17H56O20Si16. The number of hydrogen-bond donors (Lipinski definition) is 0. The van der Waals surface area contributed by atoms with Gasteiger partial charge in [-0.1, -0.05) is 0 Å². The van der Waals surface area contributed by atoms with Crippen LogP contribution in [-0.4, -0.2) is 149 Å². The lowest BCUT2D eigenvalue weighted by Crippen LogP contribution is -2.91. The van der Waals surface area contributed by atoms with E-state index in [-0.39, 0.29) is 0 Å². The molecule has 20 nitrogen and oxygen atoms in total. The minimum absolute atomic E-state index is 1.94. The zero-order valence-electron chi connectivity index (χ0n) is 33.3. The quantitative estimate of drug-likeness (QED) is 0.181. The Bertz CT molecular complexity index is 1350. The second kappa shape index (κ2) is 15.5. The van der Waals surface area contributed by atoms with Gasteiger partial charge in [-0.25, -0.2) is 0 Å². The molecule has 5 aliphatic rings. The highest BCUT2D eigenvalue weighted by Gasteiger charge is 3.03. The van der Waals surface area contributed by atoms with Crippen LogP contribution in [0.2, 0.25) is 105 Å². The van der Waals surface area contributed by atoms with Crippen LogP contribution in [-0.2, 0) is 82.9 Å². The van der Waals surface area contributed by atoms with E-state index >= 15 is 0 Å². The molecule has 8 bridgehead atoms. The first-order chi connectivity index (χ1) is 24.3. The molecule has 4 unspecified atom stereocenters. The summed E-state index contributed by atoms with van der Waals surface area (Å²) < 4.78 is 142. The summed E-state index contributed by atoms with van der Waals surface area (Å²) in [6, 6.07) is 0. The van der Waals surface area contributed by atoms with E-state index in [1.807, 2.05) is 105 Å². The third kappa shape index (κ3) is 8.62. The molecule has 5 saturated heterocycles. The Balaban J connectivity index is 1.84. The van der Waals surface area contributed by atoms with Crippen molar-refractivity contribution < 1.29 is 82.9 Å². The molecule has 308 valence electrons. The van der Waals surface area contributed by atoms with E-state index in [1.54, 1.807) is 0 Å². The van der Waals surface area contributed by atoms with E-state index in [4.69, 9.17) is 82.9 Å². The minimum Gasteiger partial charge on any atom is -0.417 e. The van der Waals surface area contributed by atoms with E-state index in [0.717, 1.165) is 0 Å². The fourth-order valence-corrected chi connectivity index (χ4v) is 71.9. The van der Waals surface area contributed by atoms with Crippen LogP contribution in [0.3, 0.4) is 0 Å². The van der Waals surface area contributed by atoms with Crippen LogP contribution in [0.4, 0.5) is 0 Å². The first-order valence-electron chi connectivity index (χ1n) is 18.2. The van der Waals surface area contributed by atoms with Gasteiger partial charge in [0.25, 0.3) is 5.03 Å². The maximum atomic E-state index is 7.43. The van der Waals surface area contributed by atoms with Gasteiger partial charge in [0.2, 0.25) is 0 Å². The van der Waals surface area contributed by atoms with Crippen LogP contribution in [0.25, 0.3) is 0 Å². The molecule has 5 heterocycles. The van der Waals surface area contributed by atoms with E-state index < -0.39 is 149 Å². The molecule has 0 aromatic rings. The molecule has 5 rings (SSSR count). The van der Waals surface area contributed by atoms with Crippen LogP contribution < -0.4 is 0 Å². The summed E-state index contributed by atoms with van der Waals surface area (Å²) in [6.07, 6.45) is 0. The Kier molecular flexibility index (Phi) is 13.3. The Morgan fingerprint density at radius 3 is 0.736 bits per heavy atom. The number of fused-ring (bicyclic) bond motifs is 7. The average molecular weight is 1030 g/mol. The van der Waals surface area contributed by atoms with Crippen molar-refractivity contribution in [3.63, 3.8) is 0 Å². The summed E-state index contributed by atoms with van der Waals surface area (Å²) in [6.45, 7) is 31.2. The number of rotatable bonds is 16. The molecule has 0 radical (unpaired) electrons. The summed E-state index contributed by atoms with van der Waals surface area (Å²) in [4.78, 5) is 0. The van der Waals surface area contributed by atoms with Crippen molar-refractivity contribution in [2.24, 2.45) is 0 Å². The topological polar surface area (TPSA) is 185 Å². The van der Waals surface area contributed by atoms with E-state index in [0.29, 0.717) is 0 Å². The van der Waals surface area contributed by atoms with Gasteiger partial charge in [0.05, 0.1) is 0 Å². The Labute approximate surface area is 334 Å².